The highest BCUT2D eigenvalue weighted by Crippen LogP contribution is 2.53. The Morgan fingerprint density at radius 1 is 1.25 bits per heavy atom. The van der Waals surface area contributed by atoms with Gasteiger partial charge in [0.1, 0.15) is 0 Å². The van der Waals surface area contributed by atoms with E-state index in [4.69, 9.17) is 5.11 Å². The maximum Gasteiger partial charge on any atom is 0.328 e. The number of aliphatic carboxylic acids is 1. The van der Waals surface area contributed by atoms with Gasteiger partial charge in [-0.2, -0.15) is 0 Å². The number of hydrogen-bond donors (Lipinski definition) is 1. The van der Waals surface area contributed by atoms with Crippen molar-refractivity contribution in [2.24, 2.45) is 5.41 Å². The van der Waals surface area contributed by atoms with Crippen molar-refractivity contribution < 1.29 is 14.7 Å². The van der Waals surface area contributed by atoms with Crippen LogP contribution in [0.1, 0.15) is 50.0 Å². The molecule has 0 spiro atoms. The highest BCUT2D eigenvalue weighted by molar-refractivity contribution is 6.00. The molecule has 1 aromatic carbocycles. The molecule has 20 heavy (non-hydrogen) atoms. The summed E-state index contributed by atoms with van der Waals surface area (Å²) in [5.74, 6) is -0.819. The predicted octanol–water partition coefficient (Wildman–Crippen LogP) is 3.59. The lowest BCUT2D eigenvalue weighted by Gasteiger charge is -2.49. The van der Waals surface area contributed by atoms with Gasteiger partial charge in [0.05, 0.1) is 0 Å². The van der Waals surface area contributed by atoms with Crippen LogP contribution >= 0.6 is 0 Å². The van der Waals surface area contributed by atoms with E-state index in [1.54, 1.807) is 0 Å². The Kier molecular flexibility index (Phi) is 3.32. The van der Waals surface area contributed by atoms with Crippen molar-refractivity contribution >= 4 is 11.8 Å². The van der Waals surface area contributed by atoms with E-state index in [-0.39, 0.29) is 11.2 Å². The molecule has 3 heteroatoms. The summed E-state index contributed by atoms with van der Waals surface area (Å²) in [6, 6.07) is 7.53. The quantitative estimate of drug-likeness (QED) is 0.837. The number of fused-ring (bicyclic) bond motifs is 1. The van der Waals surface area contributed by atoms with E-state index in [2.05, 4.69) is 0 Å². The summed E-state index contributed by atoms with van der Waals surface area (Å²) in [4.78, 5) is 23.3. The molecule has 1 aliphatic rings. The van der Waals surface area contributed by atoms with Gasteiger partial charge in [-0.25, -0.2) is 4.79 Å². The van der Waals surface area contributed by atoms with Gasteiger partial charge in [0, 0.05) is 23.5 Å². The fourth-order valence-corrected chi connectivity index (χ4v) is 3.28. The standard InChI is InChI=1S/C17H20O3/c1-11(9-15(19)20)17(4)13-8-6-5-7-12(13)14(18)10-16(17,2)3/h5-9H,10H2,1-4H3,(H,19,20)/b11-9-. The van der Waals surface area contributed by atoms with E-state index in [9.17, 15) is 9.59 Å². The molecule has 0 amide bonds. The normalized spacial score (nSPS) is 25.2. The molecule has 0 heterocycles. The molecule has 2 rings (SSSR count). The predicted molar refractivity (Wildman–Crippen MR) is 77.9 cm³/mol. The van der Waals surface area contributed by atoms with Crippen molar-refractivity contribution in [1.29, 1.82) is 0 Å². The second kappa shape index (κ2) is 4.58. The first kappa shape index (κ1) is 14.5. The van der Waals surface area contributed by atoms with Crippen LogP contribution in [-0.2, 0) is 10.2 Å². The lowest BCUT2D eigenvalue weighted by Crippen LogP contribution is -2.46. The van der Waals surface area contributed by atoms with Gasteiger partial charge in [-0.15, -0.1) is 0 Å². The van der Waals surface area contributed by atoms with E-state index >= 15 is 0 Å². The van der Waals surface area contributed by atoms with Crippen LogP contribution in [0.2, 0.25) is 0 Å². The Morgan fingerprint density at radius 2 is 1.85 bits per heavy atom. The molecule has 0 bridgehead atoms. The summed E-state index contributed by atoms with van der Waals surface area (Å²) in [7, 11) is 0. The van der Waals surface area contributed by atoms with Crippen LogP contribution in [0.25, 0.3) is 0 Å². The maximum absolute atomic E-state index is 12.3. The summed E-state index contributed by atoms with van der Waals surface area (Å²) in [6.45, 7) is 7.93. The Morgan fingerprint density at radius 3 is 2.45 bits per heavy atom. The molecule has 1 atom stereocenters. The second-order valence-corrected chi connectivity index (χ2v) is 6.32. The number of carboxylic acid groups (broad SMARTS) is 1. The third-order valence-corrected chi connectivity index (χ3v) is 4.85. The molecule has 106 valence electrons. The number of hydrogen-bond acceptors (Lipinski definition) is 2. The van der Waals surface area contributed by atoms with Gasteiger partial charge in [0.25, 0.3) is 0 Å². The van der Waals surface area contributed by atoms with Gasteiger partial charge in [-0.3, -0.25) is 4.79 Å². The Balaban J connectivity index is 2.75. The van der Waals surface area contributed by atoms with Gasteiger partial charge in [0.15, 0.2) is 5.78 Å². The zero-order chi connectivity index (χ0) is 15.1. The number of carbonyl (C=O) groups is 2. The van der Waals surface area contributed by atoms with E-state index in [0.717, 1.165) is 11.1 Å². The summed E-state index contributed by atoms with van der Waals surface area (Å²) in [5, 5.41) is 9.06. The van der Waals surface area contributed by atoms with Gasteiger partial charge in [0.2, 0.25) is 0 Å². The molecule has 0 saturated heterocycles. The van der Waals surface area contributed by atoms with Crippen molar-refractivity contribution in [2.75, 3.05) is 0 Å². The summed E-state index contributed by atoms with van der Waals surface area (Å²) in [5.41, 5.74) is 1.63. The number of benzene rings is 1. The number of Topliss-reactive ketones (excluding diaryl/α,β-unsaturated/α-hetero) is 1. The minimum absolute atomic E-state index is 0.131. The van der Waals surface area contributed by atoms with E-state index in [0.29, 0.717) is 12.0 Å². The second-order valence-electron chi connectivity index (χ2n) is 6.32. The first-order valence-electron chi connectivity index (χ1n) is 6.74. The maximum atomic E-state index is 12.3. The molecule has 1 unspecified atom stereocenters. The van der Waals surface area contributed by atoms with Crippen LogP contribution < -0.4 is 0 Å². The summed E-state index contributed by atoms with van der Waals surface area (Å²) >= 11 is 0. The van der Waals surface area contributed by atoms with Crippen LogP contribution in [0.3, 0.4) is 0 Å². The van der Waals surface area contributed by atoms with E-state index in [1.165, 1.54) is 6.08 Å². The first-order chi connectivity index (χ1) is 9.20. The SMILES string of the molecule is C/C(=C/C(=O)O)C1(C)c2ccccc2C(=O)CC1(C)C. The average Bonchev–Trinajstić information content (AvgIpc) is 2.34. The summed E-state index contributed by atoms with van der Waals surface area (Å²) in [6.07, 6.45) is 1.68. The molecule has 3 nitrogen and oxygen atoms in total. The van der Waals surface area contributed by atoms with Crippen LogP contribution in [-0.4, -0.2) is 16.9 Å². The van der Waals surface area contributed by atoms with Gasteiger partial charge in [-0.05, 0) is 17.9 Å². The highest BCUT2D eigenvalue weighted by Gasteiger charge is 2.49. The fraction of sp³-hybridized carbons (Fsp3) is 0.412. The minimum atomic E-state index is -0.950. The molecular formula is C17H20O3. The molecule has 1 aliphatic carbocycles. The van der Waals surface area contributed by atoms with Crippen molar-refractivity contribution in [3.05, 3.63) is 47.0 Å². The highest BCUT2D eigenvalue weighted by atomic mass is 16.4. The number of rotatable bonds is 2. The number of allylic oxidation sites excluding steroid dienone is 1. The van der Waals surface area contributed by atoms with Gasteiger partial charge >= 0.3 is 5.97 Å². The minimum Gasteiger partial charge on any atom is -0.478 e. The molecule has 0 radical (unpaired) electrons. The van der Waals surface area contributed by atoms with Crippen LogP contribution in [0.5, 0.6) is 0 Å². The number of carboxylic acids is 1. The molecule has 0 aromatic heterocycles. The molecular weight excluding hydrogens is 252 g/mol. The first-order valence-corrected chi connectivity index (χ1v) is 6.74. The molecule has 0 saturated carbocycles. The topological polar surface area (TPSA) is 54.4 Å². The molecule has 1 aromatic rings. The van der Waals surface area contributed by atoms with Crippen molar-refractivity contribution in [1.82, 2.24) is 0 Å². The van der Waals surface area contributed by atoms with Gasteiger partial charge in [-0.1, -0.05) is 50.6 Å². The van der Waals surface area contributed by atoms with Crippen LogP contribution in [0, 0.1) is 5.41 Å². The van der Waals surface area contributed by atoms with Gasteiger partial charge < -0.3 is 5.11 Å². The zero-order valence-corrected chi connectivity index (χ0v) is 12.4. The Hall–Kier alpha value is -1.90. The zero-order valence-electron chi connectivity index (χ0n) is 12.4. The average molecular weight is 272 g/mol. The van der Waals surface area contributed by atoms with Crippen LogP contribution in [0.4, 0.5) is 0 Å². The van der Waals surface area contributed by atoms with Crippen molar-refractivity contribution in [3.63, 3.8) is 0 Å². The molecule has 0 aliphatic heterocycles. The van der Waals surface area contributed by atoms with Crippen LogP contribution in [0.15, 0.2) is 35.9 Å². The summed E-state index contributed by atoms with van der Waals surface area (Å²) < 4.78 is 0. The number of ketones is 1. The van der Waals surface area contributed by atoms with E-state index in [1.807, 2.05) is 52.0 Å². The molecule has 0 fully saturated rings. The van der Waals surface area contributed by atoms with E-state index < -0.39 is 11.4 Å². The Bertz CT molecular complexity index is 610. The third-order valence-electron chi connectivity index (χ3n) is 4.85. The number of carbonyl (C=O) groups excluding carboxylic acids is 1. The Labute approximate surface area is 119 Å². The molecule has 1 N–H and O–H groups in total. The smallest absolute Gasteiger partial charge is 0.328 e. The monoisotopic (exact) mass is 272 g/mol. The van der Waals surface area contributed by atoms with Crippen molar-refractivity contribution in [3.8, 4) is 0 Å². The lowest BCUT2D eigenvalue weighted by molar-refractivity contribution is -0.131. The fourth-order valence-electron chi connectivity index (χ4n) is 3.28. The van der Waals surface area contributed by atoms with Crippen molar-refractivity contribution in [2.45, 2.75) is 39.5 Å². The lowest BCUT2D eigenvalue weighted by atomic mass is 9.53. The third kappa shape index (κ3) is 1.98. The largest absolute Gasteiger partial charge is 0.478 e.